The van der Waals surface area contributed by atoms with Crippen molar-refractivity contribution >= 4 is 22.6 Å². The Labute approximate surface area is 286 Å². The van der Waals surface area contributed by atoms with Gasteiger partial charge in [-0.25, -0.2) is 9.37 Å². The number of allylic oxidation sites excluding steroid dienone is 2. The third kappa shape index (κ3) is 6.06. The SMILES string of the molecule is CCN1CCN(Cc2ccc(-c3cc4c(-c5cccc(N6CCOC7=C(C6=O)C(C)(F)CC(C6CC6)=C7)c5CO)ccnc4[nH]3)nc2)CC1. The van der Waals surface area contributed by atoms with Gasteiger partial charge in [0.25, 0.3) is 5.91 Å². The Bertz CT molecular complexity index is 1950. The summed E-state index contributed by atoms with van der Waals surface area (Å²) in [6.07, 6.45) is 7.90. The molecule has 3 aromatic heterocycles. The molecule has 9 nitrogen and oxygen atoms in total. The highest BCUT2D eigenvalue weighted by atomic mass is 19.1. The van der Waals surface area contributed by atoms with Crippen molar-refractivity contribution in [2.45, 2.75) is 51.9 Å². The number of nitrogens with one attached hydrogen (secondary N) is 1. The smallest absolute Gasteiger partial charge is 0.261 e. The number of likely N-dealkylation sites (N-methyl/N-ethyl adjacent to an activating group) is 1. The maximum Gasteiger partial charge on any atom is 0.261 e. The van der Waals surface area contributed by atoms with Crippen molar-refractivity contribution < 1.29 is 19.0 Å². The molecule has 4 aliphatic rings. The van der Waals surface area contributed by atoms with Gasteiger partial charge in [0.15, 0.2) is 0 Å². The van der Waals surface area contributed by atoms with Crippen LogP contribution in [0.4, 0.5) is 10.1 Å². The number of amides is 1. The van der Waals surface area contributed by atoms with Crippen LogP contribution in [0.3, 0.4) is 0 Å². The number of rotatable bonds is 8. The normalized spacial score (nSPS) is 22.2. The van der Waals surface area contributed by atoms with E-state index in [1.807, 2.05) is 48.7 Å². The second-order valence-electron chi connectivity index (χ2n) is 13.9. The number of aromatic nitrogens is 3. The minimum Gasteiger partial charge on any atom is -0.491 e. The first-order chi connectivity index (χ1) is 23.8. The fourth-order valence-corrected chi connectivity index (χ4v) is 7.74. The Morgan fingerprint density at radius 1 is 1.04 bits per heavy atom. The number of aromatic amines is 1. The van der Waals surface area contributed by atoms with Crippen molar-refractivity contribution in [2.24, 2.45) is 5.92 Å². The summed E-state index contributed by atoms with van der Waals surface area (Å²) < 4.78 is 22.3. The molecule has 1 unspecified atom stereocenters. The quantitative estimate of drug-likeness (QED) is 0.239. The third-order valence-corrected chi connectivity index (χ3v) is 10.6. The number of benzene rings is 1. The first-order valence-electron chi connectivity index (χ1n) is 17.5. The zero-order valence-corrected chi connectivity index (χ0v) is 28.2. The Balaban J connectivity index is 1.09. The van der Waals surface area contributed by atoms with E-state index < -0.39 is 11.6 Å². The maximum atomic E-state index is 16.3. The molecule has 49 heavy (non-hydrogen) atoms. The summed E-state index contributed by atoms with van der Waals surface area (Å²) in [7, 11) is 0. The van der Waals surface area contributed by atoms with Crippen molar-refractivity contribution in [3.05, 3.63) is 89.0 Å². The highest BCUT2D eigenvalue weighted by Crippen LogP contribution is 2.48. The van der Waals surface area contributed by atoms with E-state index in [2.05, 4.69) is 32.8 Å². The Morgan fingerprint density at radius 3 is 2.59 bits per heavy atom. The standard InChI is InChI=1S/C39H43FN6O3/c1-3-44-13-15-45(16-14-44)23-25-7-10-32(42-22-25)33-20-30-29(11-12-41-37(30)43-33)28-5-4-6-34(31(28)24-47)46-17-18-49-35-19-27(26-8-9-26)21-39(2,40)36(35)38(46)48/h4-7,10-12,19-20,22,26,47H,3,8-9,13-18,21,23-24H2,1-2H3,(H,41,43). The molecule has 1 aromatic carbocycles. The van der Waals surface area contributed by atoms with Crippen LogP contribution in [0.1, 0.15) is 44.2 Å². The van der Waals surface area contributed by atoms with Crippen molar-refractivity contribution in [1.29, 1.82) is 0 Å². The number of fused-ring (bicyclic) bond motifs is 1. The molecule has 0 bridgehead atoms. The van der Waals surface area contributed by atoms with Gasteiger partial charge in [-0.05, 0) is 79.3 Å². The number of piperazine rings is 1. The summed E-state index contributed by atoms with van der Waals surface area (Å²) in [4.78, 5) is 33.5. The zero-order chi connectivity index (χ0) is 33.7. The molecule has 4 aromatic rings. The Hall–Kier alpha value is -4.38. The van der Waals surface area contributed by atoms with Gasteiger partial charge in [-0.15, -0.1) is 0 Å². The fraction of sp³-hybridized carbons (Fsp3) is 0.410. The summed E-state index contributed by atoms with van der Waals surface area (Å²) in [6, 6.07) is 13.8. The van der Waals surface area contributed by atoms with E-state index in [0.717, 1.165) is 85.6 Å². The molecule has 254 valence electrons. The lowest BCUT2D eigenvalue weighted by Gasteiger charge is -2.33. The van der Waals surface area contributed by atoms with Crippen LogP contribution in [-0.2, 0) is 22.7 Å². The van der Waals surface area contributed by atoms with Crippen LogP contribution in [0.5, 0.6) is 0 Å². The highest BCUT2D eigenvalue weighted by molar-refractivity contribution is 6.09. The monoisotopic (exact) mass is 662 g/mol. The van der Waals surface area contributed by atoms with E-state index >= 15 is 4.39 Å². The Morgan fingerprint density at radius 2 is 1.86 bits per heavy atom. The number of halogens is 1. The number of carbonyl (C=O) groups excluding carboxylic acids is 1. The second-order valence-corrected chi connectivity index (χ2v) is 13.9. The van der Waals surface area contributed by atoms with Crippen LogP contribution < -0.4 is 4.90 Å². The number of nitrogens with zero attached hydrogens (tertiary/aromatic N) is 5. The summed E-state index contributed by atoms with van der Waals surface area (Å²) >= 11 is 0. The molecule has 1 saturated carbocycles. The number of alkyl halides is 1. The summed E-state index contributed by atoms with van der Waals surface area (Å²) in [5, 5.41) is 11.7. The number of aliphatic hydroxyl groups excluding tert-OH is 1. The number of anilines is 1. The molecule has 2 N–H and O–H groups in total. The summed E-state index contributed by atoms with van der Waals surface area (Å²) in [5.74, 6) is 0.314. The molecular weight excluding hydrogens is 619 g/mol. The van der Waals surface area contributed by atoms with Gasteiger partial charge in [0.05, 0.1) is 35.8 Å². The van der Waals surface area contributed by atoms with Gasteiger partial charge in [0.1, 0.15) is 23.7 Å². The summed E-state index contributed by atoms with van der Waals surface area (Å²) in [5.41, 5.74) is 5.57. The van der Waals surface area contributed by atoms with Crippen LogP contribution in [0.15, 0.2) is 77.8 Å². The molecule has 10 heteroatoms. The van der Waals surface area contributed by atoms with Gasteiger partial charge in [0, 0.05) is 62.5 Å². The minimum atomic E-state index is -1.84. The van der Waals surface area contributed by atoms with E-state index in [-0.39, 0.29) is 31.8 Å². The lowest BCUT2D eigenvalue weighted by Crippen LogP contribution is -2.45. The average molecular weight is 663 g/mol. The lowest BCUT2D eigenvalue weighted by molar-refractivity contribution is -0.116. The van der Waals surface area contributed by atoms with E-state index in [9.17, 15) is 9.90 Å². The van der Waals surface area contributed by atoms with Gasteiger partial charge in [-0.1, -0.05) is 30.7 Å². The fourth-order valence-electron chi connectivity index (χ4n) is 7.74. The largest absolute Gasteiger partial charge is 0.491 e. The molecule has 8 rings (SSSR count). The molecule has 0 spiro atoms. The number of ether oxygens (including phenoxy) is 1. The third-order valence-electron chi connectivity index (χ3n) is 10.6. The van der Waals surface area contributed by atoms with Crippen LogP contribution in [0, 0.1) is 5.92 Å². The van der Waals surface area contributed by atoms with Crippen LogP contribution in [0.25, 0.3) is 33.5 Å². The van der Waals surface area contributed by atoms with Crippen molar-refractivity contribution in [3.8, 4) is 22.5 Å². The molecular formula is C39H43FN6O3. The predicted molar refractivity (Wildman–Crippen MR) is 188 cm³/mol. The van der Waals surface area contributed by atoms with Gasteiger partial charge < -0.3 is 24.6 Å². The molecule has 5 heterocycles. The molecule has 1 amide bonds. The Kier molecular flexibility index (Phi) is 8.34. The first kappa shape index (κ1) is 31.9. The predicted octanol–water partition coefficient (Wildman–Crippen LogP) is 6.01. The topological polar surface area (TPSA) is 97.8 Å². The number of H-pyrrole nitrogens is 1. The van der Waals surface area contributed by atoms with Gasteiger partial charge in [-0.2, -0.15) is 0 Å². The maximum absolute atomic E-state index is 16.3. The van der Waals surface area contributed by atoms with E-state index in [0.29, 0.717) is 28.6 Å². The number of hydrogen-bond donors (Lipinski definition) is 2. The van der Waals surface area contributed by atoms with E-state index in [1.165, 1.54) is 12.5 Å². The molecule has 2 aliphatic carbocycles. The lowest BCUT2D eigenvalue weighted by atomic mass is 9.82. The first-order valence-corrected chi connectivity index (χ1v) is 17.5. The number of hydrogen-bond acceptors (Lipinski definition) is 7. The minimum absolute atomic E-state index is 0.0582. The second kappa shape index (κ2) is 12.8. The zero-order valence-electron chi connectivity index (χ0n) is 28.2. The van der Waals surface area contributed by atoms with Gasteiger partial charge in [0.2, 0.25) is 0 Å². The van der Waals surface area contributed by atoms with Gasteiger partial charge >= 0.3 is 0 Å². The number of carbonyl (C=O) groups is 1. The number of pyridine rings is 2. The van der Waals surface area contributed by atoms with Crippen molar-refractivity contribution in [2.75, 3.05) is 50.8 Å². The highest BCUT2D eigenvalue weighted by Gasteiger charge is 2.46. The molecule has 2 aliphatic heterocycles. The van der Waals surface area contributed by atoms with Crippen LogP contribution in [-0.4, -0.2) is 87.3 Å². The molecule has 0 radical (unpaired) electrons. The number of aliphatic hydroxyl groups is 1. The van der Waals surface area contributed by atoms with Crippen molar-refractivity contribution in [3.63, 3.8) is 0 Å². The van der Waals surface area contributed by atoms with E-state index in [4.69, 9.17) is 9.72 Å². The average Bonchev–Trinajstić information content (AvgIpc) is 3.90. The van der Waals surface area contributed by atoms with Gasteiger partial charge in [-0.3, -0.25) is 14.7 Å². The molecule has 2 fully saturated rings. The van der Waals surface area contributed by atoms with Crippen LogP contribution in [0.2, 0.25) is 0 Å². The summed E-state index contributed by atoms with van der Waals surface area (Å²) in [6.45, 7) is 10.2. The molecule has 1 atom stereocenters. The van der Waals surface area contributed by atoms with E-state index in [1.54, 1.807) is 11.1 Å². The molecule has 1 saturated heterocycles. The van der Waals surface area contributed by atoms with Crippen LogP contribution >= 0.6 is 0 Å². The van der Waals surface area contributed by atoms with Crippen molar-refractivity contribution in [1.82, 2.24) is 24.8 Å².